The minimum Gasteiger partial charge on any atom is -0.830 e. The first-order valence-electron chi connectivity index (χ1n) is 25.1. The molecule has 2 aliphatic heterocycles. The van der Waals surface area contributed by atoms with E-state index in [9.17, 15) is 82.3 Å². The maximum absolute atomic E-state index is 13.0. The summed E-state index contributed by atoms with van der Waals surface area (Å²) < 4.78 is 24.3. The summed E-state index contributed by atoms with van der Waals surface area (Å²) in [4.78, 5) is 104. The van der Waals surface area contributed by atoms with Gasteiger partial charge in [0.15, 0.2) is 6.73 Å². The Kier molecular flexibility index (Phi) is 34.8. The number of aliphatic carboxylic acids is 2. The molecule has 2 saturated heterocycles. The number of anilines is 1. The minimum absolute atomic E-state index is 0. The summed E-state index contributed by atoms with van der Waals surface area (Å²) in [6.07, 6.45) is -2.41. The second kappa shape index (κ2) is 38.4. The predicted molar refractivity (Wildman–Crippen MR) is 262 cm³/mol. The Bertz CT molecular complexity index is 2010. The van der Waals surface area contributed by atoms with Crippen molar-refractivity contribution in [3.63, 3.8) is 0 Å². The van der Waals surface area contributed by atoms with Gasteiger partial charge in [0.25, 0.3) is 0 Å². The zero-order valence-electron chi connectivity index (χ0n) is 42.8. The van der Waals surface area contributed by atoms with Gasteiger partial charge in [-0.3, -0.25) is 43.1 Å². The van der Waals surface area contributed by atoms with Gasteiger partial charge in [0, 0.05) is 84.7 Å². The number of amides is 6. The molecular formula is C46H73AsGdN10O18S-. The number of β-amino-alcohol motifs (C(OH)–C–C–N with tert-alkyl or cyclic N) is 2. The molecule has 0 saturated carbocycles. The third kappa shape index (κ3) is 29.7. The summed E-state index contributed by atoms with van der Waals surface area (Å²) in [7, 11) is 0. The number of carboxylic acid groups (broad SMARTS) is 2. The Balaban J connectivity index is 0.0000203. The van der Waals surface area contributed by atoms with E-state index in [4.69, 9.17) is 4.74 Å². The van der Waals surface area contributed by atoms with Crippen LogP contribution in [0.4, 0.5) is 5.69 Å². The van der Waals surface area contributed by atoms with Crippen molar-refractivity contribution in [2.24, 2.45) is 0 Å². The van der Waals surface area contributed by atoms with Crippen LogP contribution < -0.4 is 61.8 Å². The molecule has 1 aromatic rings. The topological polar surface area (TPSA) is 424 Å². The minimum atomic E-state index is -3.08. The molecule has 0 aliphatic carbocycles. The first-order valence-corrected chi connectivity index (χ1v) is 28.9. The predicted octanol–water partition coefficient (Wildman–Crippen LogP) is -10.5. The number of hydrogen-bond donors (Lipinski definition) is 10. The van der Waals surface area contributed by atoms with Crippen molar-refractivity contribution >= 4 is 84.5 Å². The first-order chi connectivity index (χ1) is 36.1. The van der Waals surface area contributed by atoms with Gasteiger partial charge in [-0.2, -0.15) is 0 Å². The van der Waals surface area contributed by atoms with Crippen molar-refractivity contribution in [3.05, 3.63) is 24.3 Å². The number of carboxylic acids is 2. The summed E-state index contributed by atoms with van der Waals surface area (Å²) in [6, 6.07) is 2.96. The molecule has 3 rings (SSSR count). The van der Waals surface area contributed by atoms with Gasteiger partial charge < -0.3 is 61.3 Å². The van der Waals surface area contributed by atoms with E-state index >= 15 is 0 Å². The third-order valence-corrected chi connectivity index (χ3v) is 15.0. The molecule has 31 heteroatoms. The van der Waals surface area contributed by atoms with Crippen molar-refractivity contribution in [1.82, 2.24) is 41.3 Å². The molecule has 10 N–H and O–H groups in total. The quantitative estimate of drug-likeness (QED) is 0.0135. The number of aliphatic hydroxyl groups is 2. The Morgan fingerprint density at radius 2 is 1.22 bits per heavy atom. The fraction of sp³-hybridized carbons (Fsp3) is 0.696. The summed E-state index contributed by atoms with van der Waals surface area (Å²) in [5, 5.41) is 92.7. The van der Waals surface area contributed by atoms with Gasteiger partial charge in [0.05, 0.1) is 44.2 Å². The monoisotopic (exact) mass is 1320 g/mol. The van der Waals surface area contributed by atoms with Gasteiger partial charge in [0.2, 0.25) is 17.7 Å². The van der Waals surface area contributed by atoms with Crippen LogP contribution in [-0.4, -0.2) is 241 Å². The molecule has 28 nitrogen and oxygen atoms in total. The number of rotatable bonds is 33. The number of aliphatic hydroxyl groups excluding tert-OH is 2. The van der Waals surface area contributed by atoms with E-state index in [-0.39, 0.29) is 107 Å². The zero-order chi connectivity index (χ0) is 56.0. The van der Waals surface area contributed by atoms with Crippen molar-refractivity contribution in [1.29, 1.82) is 0 Å². The van der Waals surface area contributed by atoms with Crippen molar-refractivity contribution in [2.45, 2.75) is 95.3 Å². The standard InChI is InChI=1S/C46H75AsN10O18S.Gd/c58-36(7-3-1-6-16-49-39(61)26-55-19-17-54(27-42(65)66)18-20-56(28-43(67)68)22-24-57(23-21-55)31-75-46(57)72)48-15-5-2-4-8-37(59)52-34(45(70)71)13-14-38(60)53-35(44(69)50-25-41(63)64)29-76-30-40(62)51-33-11-9-32(10-12-33)47(73)74;/h9-12,34-35,42-43,46,65,67,73-74H,1-8,13-31H2,(H,48,58)(H,49,61)(H,50,69)(H,51,62)(H,52,59)(H,53,60)(H,63,64)(H,70,71);/q-2;+3/p-2/t34-,35-,42?,43?,46?,57?;/m0./s1. The van der Waals surface area contributed by atoms with E-state index in [1.165, 1.54) is 24.3 Å². The Morgan fingerprint density at radius 1 is 0.688 bits per heavy atom. The van der Waals surface area contributed by atoms with Crippen LogP contribution in [0, 0.1) is 39.9 Å². The molecule has 6 atom stereocenters. The SMILES string of the molecule is O=C([O-])CNC(=O)[C@H](CSCC(=O)Nc1ccc([As](O)O)cc1)NC(=O)CC[C@H](NC(=O)CCCCCNC(=O)CCCCCNC(=O)CN1CCN(CC([O-])O)CCN(CC([O-])O)CC[N+]2(CC1)COC2[O-])C(=O)[O-].[Gd+3]. The molecule has 6 amide bonds. The van der Waals surface area contributed by atoms with Crippen LogP contribution in [-0.2, 0) is 43.1 Å². The number of carbonyl (C=O) groups is 8. The number of benzene rings is 1. The summed E-state index contributed by atoms with van der Waals surface area (Å²) in [6.45, 7) is 2.51. The van der Waals surface area contributed by atoms with Gasteiger partial charge in [-0.25, -0.2) is 0 Å². The molecule has 4 unspecified atom stereocenters. The van der Waals surface area contributed by atoms with Crippen LogP contribution in [0.25, 0.3) is 0 Å². The first kappa shape index (κ1) is 69.8. The molecular weight excluding hydrogens is 1240 g/mol. The number of carbonyl (C=O) groups excluding carboxylic acids is 8. The van der Waals surface area contributed by atoms with E-state index < -0.39 is 101 Å². The summed E-state index contributed by atoms with van der Waals surface area (Å²) >= 11 is -2.16. The van der Waals surface area contributed by atoms with E-state index in [1.807, 2.05) is 4.90 Å². The summed E-state index contributed by atoms with van der Waals surface area (Å²) in [5.74, 6) is -6.86. The van der Waals surface area contributed by atoms with Gasteiger partial charge in [0.1, 0.15) is 6.41 Å². The number of unbranched alkanes of at least 4 members (excludes halogenated alkanes) is 4. The third-order valence-electron chi connectivity index (χ3n) is 12.3. The van der Waals surface area contributed by atoms with E-state index in [1.54, 1.807) is 9.80 Å². The smallest absolute Gasteiger partial charge is 0.830 e. The maximum atomic E-state index is 13.0. The van der Waals surface area contributed by atoms with E-state index in [0.29, 0.717) is 114 Å². The van der Waals surface area contributed by atoms with Crippen molar-refractivity contribution < 1.29 is 131 Å². The molecule has 77 heavy (non-hydrogen) atoms. The number of hydrogen-bond acceptors (Lipinski definition) is 22. The van der Waals surface area contributed by atoms with Crippen LogP contribution >= 0.6 is 11.8 Å². The normalized spacial score (nSPS) is 19.1. The number of quaternary nitrogens is 1. The van der Waals surface area contributed by atoms with Crippen molar-refractivity contribution in [2.75, 3.05) is 115 Å². The fourth-order valence-electron chi connectivity index (χ4n) is 7.99. The molecule has 2 heterocycles. The van der Waals surface area contributed by atoms with Crippen molar-refractivity contribution in [3.8, 4) is 0 Å². The fourth-order valence-corrected chi connectivity index (χ4v) is 9.71. The Labute approximate surface area is 488 Å². The number of nitrogens with zero attached hydrogens (tertiary/aromatic N) is 4. The second-order valence-corrected chi connectivity index (χ2v) is 21.8. The summed E-state index contributed by atoms with van der Waals surface area (Å²) in [5.41, 5.74) is 0.369. The van der Waals surface area contributed by atoms with Gasteiger partial charge in [-0.1, -0.05) is 12.8 Å². The second-order valence-electron chi connectivity index (χ2n) is 18.5. The molecule has 1 spiro atoms. The van der Waals surface area contributed by atoms with Gasteiger partial charge >= 0.3 is 170 Å². The Hall–Kier alpha value is -3.27. The number of nitrogens with one attached hydrogen (secondary N) is 6. The van der Waals surface area contributed by atoms with E-state index in [2.05, 4.69) is 31.9 Å². The van der Waals surface area contributed by atoms with Gasteiger partial charge in [-0.05, 0) is 44.7 Å². The van der Waals surface area contributed by atoms with E-state index in [0.717, 1.165) is 11.8 Å². The molecule has 435 valence electrons. The van der Waals surface area contributed by atoms with Crippen LogP contribution in [0.15, 0.2) is 24.3 Å². The molecule has 2 aliphatic rings. The zero-order valence-corrected chi connectivity index (χ0v) is 47.8. The molecule has 0 bridgehead atoms. The van der Waals surface area contributed by atoms with Crippen LogP contribution in [0.3, 0.4) is 0 Å². The number of ether oxygens (including phenoxy) is 1. The molecule has 1 radical (unpaired) electrons. The molecule has 1 aromatic carbocycles. The average Bonchev–Trinajstić information content (AvgIpc) is 3.35. The van der Waals surface area contributed by atoms with Crippen LogP contribution in [0.5, 0.6) is 0 Å². The Morgan fingerprint density at radius 3 is 1.75 bits per heavy atom. The number of thioether (sulfide) groups is 1. The molecule has 0 aromatic heterocycles. The van der Waals surface area contributed by atoms with Crippen LogP contribution in [0.1, 0.15) is 64.2 Å². The van der Waals surface area contributed by atoms with Gasteiger partial charge in [-0.15, -0.1) is 0 Å². The average molecular weight is 1320 g/mol. The molecule has 2 fully saturated rings. The van der Waals surface area contributed by atoms with Crippen LogP contribution in [0.2, 0.25) is 0 Å².